The second kappa shape index (κ2) is 15.3. The second-order valence-electron chi connectivity index (χ2n) is 8.57. The van der Waals surface area contributed by atoms with Gasteiger partial charge in [0.2, 0.25) is 17.7 Å². The van der Waals surface area contributed by atoms with Crippen LogP contribution in [-0.4, -0.2) is 81.2 Å². The van der Waals surface area contributed by atoms with E-state index in [9.17, 15) is 24.3 Å². The van der Waals surface area contributed by atoms with Crippen molar-refractivity contribution < 1.29 is 29.4 Å². The Morgan fingerprint density at radius 3 is 2.16 bits per heavy atom. The number of benzene rings is 1. The van der Waals surface area contributed by atoms with Gasteiger partial charge in [0.25, 0.3) is 0 Å². The van der Waals surface area contributed by atoms with E-state index in [1.54, 1.807) is 0 Å². The summed E-state index contributed by atoms with van der Waals surface area (Å²) >= 11 is 0. The van der Waals surface area contributed by atoms with Gasteiger partial charge in [0, 0.05) is 18.3 Å². The molecule has 2 aromatic rings. The van der Waals surface area contributed by atoms with E-state index in [-0.39, 0.29) is 19.3 Å². The number of aromatic nitrogens is 2. The zero-order valence-corrected chi connectivity index (χ0v) is 20.4. The third-order valence-electron chi connectivity index (χ3n) is 5.62. The van der Waals surface area contributed by atoms with E-state index < -0.39 is 54.5 Å². The Kier molecular flexibility index (Phi) is 12.2. The molecule has 13 nitrogen and oxygen atoms in total. The highest BCUT2D eigenvalue weighted by molar-refractivity contribution is 5.94. The van der Waals surface area contributed by atoms with Crippen molar-refractivity contribution in [2.24, 2.45) is 11.5 Å². The van der Waals surface area contributed by atoms with Crippen LogP contribution in [0.25, 0.3) is 0 Å². The lowest BCUT2D eigenvalue weighted by Gasteiger charge is -2.25. The molecule has 37 heavy (non-hydrogen) atoms. The average Bonchev–Trinajstić information content (AvgIpc) is 3.39. The molecule has 1 aromatic carbocycles. The summed E-state index contributed by atoms with van der Waals surface area (Å²) in [4.78, 5) is 56.9. The molecule has 13 heteroatoms. The summed E-state index contributed by atoms with van der Waals surface area (Å²) in [7, 11) is 0. The van der Waals surface area contributed by atoms with Crippen molar-refractivity contribution in [3.63, 3.8) is 0 Å². The fourth-order valence-corrected chi connectivity index (χ4v) is 3.56. The third kappa shape index (κ3) is 9.99. The molecule has 0 spiro atoms. The number of aliphatic hydroxyl groups is 1. The molecule has 3 amide bonds. The quantitative estimate of drug-likeness (QED) is 0.117. The number of H-pyrrole nitrogens is 1. The number of unbranched alkanes of at least 4 members (excludes halogenated alkanes) is 1. The molecule has 0 fully saturated rings. The fraction of sp³-hybridized carbons (Fsp3) is 0.458. The first-order chi connectivity index (χ1) is 17.7. The normalized spacial score (nSPS) is 14.1. The van der Waals surface area contributed by atoms with Gasteiger partial charge in [-0.2, -0.15) is 0 Å². The number of nitrogens with two attached hydrogens (primary N) is 2. The summed E-state index contributed by atoms with van der Waals surface area (Å²) in [6.07, 6.45) is 4.45. The summed E-state index contributed by atoms with van der Waals surface area (Å²) in [5.41, 5.74) is 13.0. The van der Waals surface area contributed by atoms with Crippen LogP contribution in [0.15, 0.2) is 42.9 Å². The average molecular weight is 518 g/mol. The maximum Gasteiger partial charge on any atom is 0.328 e. The van der Waals surface area contributed by atoms with Crippen LogP contribution in [0.3, 0.4) is 0 Å². The van der Waals surface area contributed by atoms with Crippen LogP contribution in [0.5, 0.6) is 0 Å². The summed E-state index contributed by atoms with van der Waals surface area (Å²) in [5, 5.41) is 25.8. The molecule has 2 rings (SSSR count). The molecular weight excluding hydrogens is 482 g/mol. The van der Waals surface area contributed by atoms with E-state index in [0.29, 0.717) is 25.1 Å². The maximum absolute atomic E-state index is 13.3. The summed E-state index contributed by atoms with van der Waals surface area (Å²) in [6.45, 7) is -0.448. The second-order valence-corrected chi connectivity index (χ2v) is 8.57. The van der Waals surface area contributed by atoms with E-state index in [1.807, 2.05) is 30.3 Å². The Morgan fingerprint density at radius 1 is 0.919 bits per heavy atom. The molecule has 0 aliphatic rings. The SMILES string of the molecule is NCCCCC(NC(=O)C(Cc1cnc[nH]1)NC(=O)C(N)Cc1ccccc1)C(=O)NC(CO)C(=O)O. The van der Waals surface area contributed by atoms with Gasteiger partial charge in [0.1, 0.15) is 18.1 Å². The molecule has 1 heterocycles. The van der Waals surface area contributed by atoms with Gasteiger partial charge in [-0.1, -0.05) is 30.3 Å². The number of rotatable bonds is 16. The van der Waals surface area contributed by atoms with Crippen LogP contribution in [0.2, 0.25) is 0 Å². The van der Waals surface area contributed by atoms with Crippen LogP contribution >= 0.6 is 0 Å². The van der Waals surface area contributed by atoms with E-state index in [0.717, 1.165) is 5.56 Å². The first-order valence-corrected chi connectivity index (χ1v) is 12.0. The molecule has 4 unspecified atom stereocenters. The Morgan fingerprint density at radius 2 is 1.57 bits per heavy atom. The molecule has 0 saturated carbocycles. The number of nitrogens with zero attached hydrogens (tertiary/aromatic N) is 1. The number of carboxylic acid groups (broad SMARTS) is 1. The lowest BCUT2D eigenvalue weighted by Crippen LogP contribution is -2.58. The standard InChI is InChI=1S/C24H35N7O6/c25-9-5-4-8-18(22(34)31-20(13-32)24(36)37)29-23(35)19(11-16-12-27-14-28-16)30-21(33)17(26)10-15-6-2-1-3-7-15/h1-3,6-7,12,14,17-20,32H,4-5,8-11,13,25-26H2,(H,27,28)(H,29,35)(H,30,33)(H,31,34)(H,36,37). The molecule has 4 atom stereocenters. The predicted molar refractivity (Wildman–Crippen MR) is 134 cm³/mol. The molecule has 202 valence electrons. The van der Waals surface area contributed by atoms with Crippen LogP contribution in [-0.2, 0) is 32.0 Å². The number of carbonyl (C=O) groups is 4. The zero-order valence-electron chi connectivity index (χ0n) is 20.4. The van der Waals surface area contributed by atoms with Gasteiger partial charge < -0.3 is 42.6 Å². The first kappa shape index (κ1) is 29.4. The van der Waals surface area contributed by atoms with Crippen LogP contribution < -0.4 is 27.4 Å². The zero-order chi connectivity index (χ0) is 27.2. The Labute approximate surface area is 214 Å². The highest BCUT2D eigenvalue weighted by atomic mass is 16.4. The number of nitrogens with one attached hydrogen (secondary N) is 4. The van der Waals surface area contributed by atoms with Crippen molar-refractivity contribution in [1.29, 1.82) is 0 Å². The summed E-state index contributed by atoms with van der Waals surface area (Å²) < 4.78 is 0. The van der Waals surface area contributed by atoms with Crippen molar-refractivity contribution in [1.82, 2.24) is 25.9 Å². The van der Waals surface area contributed by atoms with Gasteiger partial charge in [-0.25, -0.2) is 9.78 Å². The molecule has 0 saturated heterocycles. The number of hydrogen-bond donors (Lipinski definition) is 8. The third-order valence-corrected chi connectivity index (χ3v) is 5.62. The van der Waals surface area contributed by atoms with Crippen LogP contribution in [0, 0.1) is 0 Å². The van der Waals surface area contributed by atoms with Crippen molar-refractivity contribution in [2.75, 3.05) is 13.2 Å². The highest BCUT2D eigenvalue weighted by Crippen LogP contribution is 2.07. The molecule has 0 radical (unpaired) electrons. The predicted octanol–water partition coefficient (Wildman–Crippen LogP) is -1.82. The van der Waals surface area contributed by atoms with Gasteiger partial charge in [-0.3, -0.25) is 14.4 Å². The minimum Gasteiger partial charge on any atom is -0.480 e. The number of hydrogen-bond acceptors (Lipinski definition) is 8. The summed E-state index contributed by atoms with van der Waals surface area (Å²) in [6, 6.07) is 4.50. The minimum absolute atomic E-state index is 0.0428. The van der Waals surface area contributed by atoms with Crippen molar-refractivity contribution in [3.05, 3.63) is 54.1 Å². The number of carboxylic acids is 1. The van der Waals surface area contributed by atoms with Gasteiger partial charge in [-0.05, 0) is 37.8 Å². The minimum atomic E-state index is -1.53. The Balaban J connectivity index is 2.15. The number of amides is 3. The lowest BCUT2D eigenvalue weighted by atomic mass is 10.0. The van der Waals surface area contributed by atoms with Gasteiger partial charge in [0.05, 0.1) is 19.0 Å². The maximum atomic E-state index is 13.3. The lowest BCUT2D eigenvalue weighted by molar-refractivity contribution is -0.143. The highest BCUT2D eigenvalue weighted by Gasteiger charge is 2.30. The van der Waals surface area contributed by atoms with Crippen LogP contribution in [0.4, 0.5) is 0 Å². The number of aromatic amines is 1. The van der Waals surface area contributed by atoms with E-state index in [2.05, 4.69) is 25.9 Å². The number of aliphatic carboxylic acids is 1. The monoisotopic (exact) mass is 517 g/mol. The fourth-order valence-electron chi connectivity index (χ4n) is 3.56. The van der Waals surface area contributed by atoms with Crippen molar-refractivity contribution in [2.45, 2.75) is 56.3 Å². The largest absolute Gasteiger partial charge is 0.480 e. The van der Waals surface area contributed by atoms with Gasteiger partial charge >= 0.3 is 5.97 Å². The van der Waals surface area contributed by atoms with Crippen LogP contribution in [0.1, 0.15) is 30.5 Å². The molecule has 0 aliphatic heterocycles. The smallest absolute Gasteiger partial charge is 0.328 e. The van der Waals surface area contributed by atoms with E-state index >= 15 is 0 Å². The van der Waals surface area contributed by atoms with E-state index in [1.165, 1.54) is 12.5 Å². The van der Waals surface area contributed by atoms with Gasteiger partial charge in [-0.15, -0.1) is 0 Å². The topological polar surface area (TPSA) is 226 Å². The molecule has 0 bridgehead atoms. The number of imidazole rings is 1. The molecule has 10 N–H and O–H groups in total. The Hall–Kier alpha value is -3.81. The number of carbonyl (C=O) groups excluding carboxylic acids is 3. The van der Waals surface area contributed by atoms with E-state index in [4.69, 9.17) is 16.6 Å². The molecule has 0 aliphatic carbocycles. The Bertz CT molecular complexity index is 1000. The van der Waals surface area contributed by atoms with Crippen molar-refractivity contribution in [3.8, 4) is 0 Å². The molecule has 1 aromatic heterocycles. The van der Waals surface area contributed by atoms with Gasteiger partial charge in [0.15, 0.2) is 0 Å². The summed E-state index contributed by atoms with van der Waals surface area (Å²) in [5.74, 6) is -3.42. The first-order valence-electron chi connectivity index (χ1n) is 12.0. The van der Waals surface area contributed by atoms with Crippen molar-refractivity contribution >= 4 is 23.7 Å². The number of aliphatic hydroxyl groups excluding tert-OH is 1. The molecular formula is C24H35N7O6.